The van der Waals surface area contributed by atoms with Crippen LogP contribution in [0.3, 0.4) is 0 Å². The molecule has 19 heavy (non-hydrogen) atoms. The van der Waals surface area contributed by atoms with Crippen molar-refractivity contribution in [2.24, 2.45) is 5.73 Å². The minimum atomic E-state index is -5.08. The van der Waals surface area contributed by atoms with Gasteiger partial charge in [0.25, 0.3) is 0 Å². The van der Waals surface area contributed by atoms with Crippen LogP contribution < -0.4 is 11.1 Å². The molecule has 1 amide bonds. The van der Waals surface area contributed by atoms with Crippen LogP contribution in [0.5, 0.6) is 0 Å². The zero-order chi connectivity index (χ0) is 15.8. The molecule has 0 aromatic rings. The Morgan fingerprint density at radius 1 is 1.32 bits per heavy atom. The van der Waals surface area contributed by atoms with Crippen molar-refractivity contribution in [1.29, 1.82) is 0 Å². The Labute approximate surface area is 110 Å². The molecule has 5 N–H and O–H groups in total. The average Bonchev–Trinajstić information content (AvgIpc) is 2.24. The molecule has 0 heterocycles. The molecular formula is C8H12ClF3N2O5. The number of carbonyl (C=O) groups excluding carboxylic acids is 1. The number of rotatable bonds is 4. The number of halogens is 4. The number of nitrogens with one attached hydrogen (secondary N) is 1. The molecule has 0 saturated heterocycles. The van der Waals surface area contributed by atoms with Gasteiger partial charge in [0.1, 0.15) is 6.04 Å². The first kappa shape index (κ1) is 19.8. The lowest BCUT2D eigenvalue weighted by Crippen LogP contribution is -2.48. The van der Waals surface area contributed by atoms with Crippen molar-refractivity contribution in [3.63, 3.8) is 0 Å². The van der Waals surface area contributed by atoms with E-state index in [1.165, 1.54) is 6.92 Å². The monoisotopic (exact) mass is 308 g/mol. The number of carbonyl (C=O) groups is 3. The molecule has 0 aliphatic heterocycles. The van der Waals surface area contributed by atoms with Gasteiger partial charge >= 0.3 is 18.1 Å². The third kappa shape index (κ3) is 10.1. The van der Waals surface area contributed by atoms with Crippen LogP contribution in [0.1, 0.15) is 6.92 Å². The summed E-state index contributed by atoms with van der Waals surface area (Å²) in [7, 11) is 0. The Balaban J connectivity index is 0. The first-order valence-corrected chi connectivity index (χ1v) is 5.11. The molecule has 0 bridgehead atoms. The molecule has 0 fully saturated rings. The maximum Gasteiger partial charge on any atom is 0.490 e. The summed E-state index contributed by atoms with van der Waals surface area (Å²) in [4.78, 5) is 30.1. The highest BCUT2D eigenvalue weighted by Crippen LogP contribution is 2.13. The number of alkyl halides is 4. The second-order valence-electron chi connectivity index (χ2n) is 3.15. The Kier molecular flexibility index (Phi) is 8.89. The van der Waals surface area contributed by atoms with Crippen molar-refractivity contribution in [1.82, 2.24) is 5.32 Å². The summed E-state index contributed by atoms with van der Waals surface area (Å²) in [5, 5.41) is 17.8. The average molecular weight is 309 g/mol. The number of aliphatic carboxylic acids is 2. The lowest BCUT2D eigenvalue weighted by molar-refractivity contribution is -0.192. The van der Waals surface area contributed by atoms with Gasteiger partial charge < -0.3 is 21.3 Å². The third-order valence-corrected chi connectivity index (χ3v) is 1.73. The predicted molar refractivity (Wildman–Crippen MR) is 57.6 cm³/mol. The van der Waals surface area contributed by atoms with E-state index in [1.807, 2.05) is 0 Å². The van der Waals surface area contributed by atoms with Crippen molar-refractivity contribution >= 4 is 29.4 Å². The summed E-state index contributed by atoms with van der Waals surface area (Å²) in [6.07, 6.45) is -5.08. The van der Waals surface area contributed by atoms with Crippen molar-refractivity contribution in [2.45, 2.75) is 25.2 Å². The van der Waals surface area contributed by atoms with Crippen LogP contribution in [0.25, 0.3) is 0 Å². The molecule has 7 nitrogen and oxygen atoms in total. The van der Waals surface area contributed by atoms with Gasteiger partial charge in [0.2, 0.25) is 5.91 Å². The van der Waals surface area contributed by atoms with E-state index < -0.39 is 36.1 Å². The van der Waals surface area contributed by atoms with Gasteiger partial charge in [-0.3, -0.25) is 4.79 Å². The second kappa shape index (κ2) is 8.53. The molecule has 0 spiro atoms. The summed E-state index contributed by atoms with van der Waals surface area (Å²) < 4.78 is 31.7. The number of nitrogens with two attached hydrogens (primary N) is 1. The van der Waals surface area contributed by atoms with E-state index in [9.17, 15) is 22.8 Å². The maximum atomic E-state index is 10.9. The second-order valence-corrected chi connectivity index (χ2v) is 3.45. The molecule has 0 unspecified atom stereocenters. The maximum absolute atomic E-state index is 10.9. The first-order chi connectivity index (χ1) is 8.43. The fourth-order valence-corrected chi connectivity index (χ4v) is 0.679. The highest BCUT2D eigenvalue weighted by atomic mass is 35.5. The van der Waals surface area contributed by atoms with Crippen LogP contribution in [0, 0.1) is 0 Å². The zero-order valence-corrected chi connectivity index (χ0v) is 10.3. The van der Waals surface area contributed by atoms with E-state index in [4.69, 9.17) is 32.3 Å². The van der Waals surface area contributed by atoms with Gasteiger partial charge in [-0.25, -0.2) is 9.59 Å². The van der Waals surface area contributed by atoms with Crippen LogP contribution in [-0.4, -0.2) is 52.2 Å². The minimum Gasteiger partial charge on any atom is -0.480 e. The van der Waals surface area contributed by atoms with Crippen LogP contribution >= 0.6 is 11.6 Å². The summed E-state index contributed by atoms with van der Waals surface area (Å²) in [6.45, 7) is 1.46. The predicted octanol–water partition coefficient (Wildman–Crippen LogP) is -0.225. The van der Waals surface area contributed by atoms with Crippen LogP contribution in [0.4, 0.5) is 13.2 Å². The summed E-state index contributed by atoms with van der Waals surface area (Å²) in [5.74, 6) is -4.62. The minimum absolute atomic E-state index is 0.173. The van der Waals surface area contributed by atoms with Crippen molar-refractivity contribution in [3.05, 3.63) is 0 Å². The highest BCUT2D eigenvalue weighted by molar-refractivity contribution is 6.19. The van der Waals surface area contributed by atoms with Gasteiger partial charge in [-0.1, -0.05) is 0 Å². The Bertz CT molecular complexity index is 335. The molecule has 0 rings (SSSR count). The van der Waals surface area contributed by atoms with E-state index in [0.29, 0.717) is 0 Å². The van der Waals surface area contributed by atoms with Gasteiger partial charge in [-0.15, -0.1) is 11.6 Å². The Hall–Kier alpha value is -1.55. The molecule has 2 atom stereocenters. The fourth-order valence-electron chi connectivity index (χ4n) is 0.469. The zero-order valence-electron chi connectivity index (χ0n) is 9.57. The molecule has 0 aliphatic rings. The van der Waals surface area contributed by atoms with E-state index >= 15 is 0 Å². The number of hydrogen-bond acceptors (Lipinski definition) is 4. The van der Waals surface area contributed by atoms with Gasteiger partial charge in [0, 0.05) is 0 Å². The van der Waals surface area contributed by atoms with Crippen molar-refractivity contribution in [3.8, 4) is 0 Å². The lowest BCUT2D eigenvalue weighted by atomic mass is 10.3. The molecule has 0 saturated carbocycles. The molecule has 11 heteroatoms. The third-order valence-electron chi connectivity index (χ3n) is 1.42. The van der Waals surface area contributed by atoms with E-state index in [2.05, 4.69) is 5.32 Å². The van der Waals surface area contributed by atoms with Gasteiger partial charge in [0.15, 0.2) is 0 Å². The van der Waals surface area contributed by atoms with E-state index in [0.717, 1.165) is 0 Å². The van der Waals surface area contributed by atoms with Crippen LogP contribution in [0.15, 0.2) is 0 Å². The van der Waals surface area contributed by atoms with Crippen molar-refractivity contribution < 1.29 is 37.8 Å². The standard InChI is InChI=1S/C6H11ClN2O3.C2HF3O2/c1-3(8)5(10)9-4(2-7)6(11)12;3-2(4,5)1(6)7/h3-4H,2,8H2,1H3,(H,9,10)(H,11,12);(H,6,7)/t3-,4-;/m0./s1. The summed E-state index contributed by atoms with van der Waals surface area (Å²) >= 11 is 5.27. The van der Waals surface area contributed by atoms with Crippen LogP contribution in [0.2, 0.25) is 0 Å². The largest absolute Gasteiger partial charge is 0.490 e. The Morgan fingerprint density at radius 3 is 1.84 bits per heavy atom. The summed E-state index contributed by atoms with van der Waals surface area (Å²) in [5.41, 5.74) is 5.19. The highest BCUT2D eigenvalue weighted by Gasteiger charge is 2.38. The molecule has 0 radical (unpaired) electrons. The smallest absolute Gasteiger partial charge is 0.480 e. The lowest BCUT2D eigenvalue weighted by Gasteiger charge is -2.12. The number of carboxylic acid groups (broad SMARTS) is 2. The summed E-state index contributed by atoms with van der Waals surface area (Å²) in [6, 6.07) is -1.79. The number of amides is 1. The number of hydrogen-bond donors (Lipinski definition) is 4. The topological polar surface area (TPSA) is 130 Å². The molecule has 0 aliphatic carbocycles. The Morgan fingerprint density at radius 2 is 1.68 bits per heavy atom. The molecule has 0 aromatic carbocycles. The molecular weight excluding hydrogens is 297 g/mol. The van der Waals surface area contributed by atoms with Crippen LogP contribution in [-0.2, 0) is 14.4 Å². The van der Waals surface area contributed by atoms with Crippen molar-refractivity contribution in [2.75, 3.05) is 5.88 Å². The molecule has 0 aromatic heterocycles. The van der Waals surface area contributed by atoms with E-state index in [-0.39, 0.29) is 5.88 Å². The first-order valence-electron chi connectivity index (χ1n) is 4.58. The fraction of sp³-hybridized carbons (Fsp3) is 0.625. The number of carboxylic acids is 2. The van der Waals surface area contributed by atoms with E-state index in [1.54, 1.807) is 0 Å². The molecule has 112 valence electrons. The van der Waals surface area contributed by atoms with Gasteiger partial charge in [-0.2, -0.15) is 13.2 Å². The van der Waals surface area contributed by atoms with Gasteiger partial charge in [-0.05, 0) is 6.92 Å². The normalized spacial score (nSPS) is 13.6. The quantitative estimate of drug-likeness (QED) is 0.531. The van der Waals surface area contributed by atoms with Gasteiger partial charge in [0.05, 0.1) is 11.9 Å². The SMILES string of the molecule is C[C@H](N)C(=O)N[C@@H](CCl)C(=O)O.O=C(O)C(F)(F)F.